The Morgan fingerprint density at radius 2 is 2.08 bits per heavy atom. The zero-order chi connectivity index (χ0) is 18.0. The first-order valence-electron chi connectivity index (χ1n) is 9.68. The number of hydrogen-bond donors (Lipinski definition) is 2. The molecule has 2 aliphatic rings. The third kappa shape index (κ3) is 4.15. The smallest absolute Gasteiger partial charge is 0.121 e. The molecule has 140 valence electrons. The van der Waals surface area contributed by atoms with E-state index in [0.29, 0.717) is 11.1 Å². The minimum atomic E-state index is -0.872. The van der Waals surface area contributed by atoms with E-state index in [9.17, 15) is 5.11 Å². The van der Waals surface area contributed by atoms with Crippen LogP contribution in [0, 0.1) is 5.41 Å². The first-order chi connectivity index (χ1) is 11.9. The van der Waals surface area contributed by atoms with Crippen LogP contribution in [0.3, 0.4) is 0 Å². The predicted octanol–water partition coefficient (Wildman–Crippen LogP) is 3.03. The molecule has 2 heterocycles. The van der Waals surface area contributed by atoms with Crippen LogP contribution >= 0.6 is 0 Å². The summed E-state index contributed by atoms with van der Waals surface area (Å²) in [6, 6.07) is 1.95. The molecule has 0 aromatic carbocycles. The molecule has 0 amide bonds. The molecule has 2 N–H and O–H groups in total. The van der Waals surface area contributed by atoms with Crippen LogP contribution in [-0.4, -0.2) is 44.6 Å². The zero-order valence-corrected chi connectivity index (χ0v) is 16.0. The van der Waals surface area contributed by atoms with Crippen molar-refractivity contribution in [1.82, 2.24) is 14.7 Å². The van der Waals surface area contributed by atoms with E-state index in [-0.39, 0.29) is 6.61 Å². The molecule has 5 nitrogen and oxygen atoms in total. The molecule has 25 heavy (non-hydrogen) atoms. The molecule has 1 aromatic rings. The van der Waals surface area contributed by atoms with Gasteiger partial charge in [0.2, 0.25) is 0 Å². The van der Waals surface area contributed by atoms with Gasteiger partial charge in [0.15, 0.2) is 0 Å². The Kier molecular flexibility index (Phi) is 5.66. The molecule has 1 unspecified atom stereocenters. The summed E-state index contributed by atoms with van der Waals surface area (Å²) in [5.74, 6) is 0. The summed E-state index contributed by atoms with van der Waals surface area (Å²) in [6.07, 6.45) is 5.23. The molecule has 0 radical (unpaired) electrons. The number of nitrogens with zero attached hydrogens (tertiary/aromatic N) is 3. The fraction of sp³-hybridized carbons (Fsp3) is 0.750. The molecular formula is C20H33N3O2. The molecule has 5 heteroatoms. The first kappa shape index (κ1) is 18.6. The van der Waals surface area contributed by atoms with Gasteiger partial charge in [-0.2, -0.15) is 5.10 Å². The normalized spacial score (nSPS) is 22.6. The Bertz CT molecular complexity index is 633. The molecule has 1 atom stereocenters. The highest BCUT2D eigenvalue weighted by molar-refractivity contribution is 5.22. The number of hydrogen-bond acceptors (Lipinski definition) is 4. The van der Waals surface area contributed by atoms with Gasteiger partial charge in [-0.25, -0.2) is 0 Å². The van der Waals surface area contributed by atoms with E-state index < -0.39 is 6.10 Å². The summed E-state index contributed by atoms with van der Waals surface area (Å²) in [6.45, 7) is 10.8. The van der Waals surface area contributed by atoms with Crippen LogP contribution in [0.2, 0.25) is 0 Å². The topological polar surface area (TPSA) is 61.5 Å². The molecule has 0 bridgehead atoms. The van der Waals surface area contributed by atoms with Crippen molar-refractivity contribution in [2.75, 3.05) is 19.7 Å². The third-order valence-corrected chi connectivity index (χ3v) is 5.99. The Labute approximate surface area is 151 Å². The molecule has 0 fully saturated rings. The summed E-state index contributed by atoms with van der Waals surface area (Å²) in [5, 5.41) is 23.4. The lowest BCUT2D eigenvalue weighted by Gasteiger charge is -2.35. The molecule has 0 saturated carbocycles. The van der Waals surface area contributed by atoms with Gasteiger partial charge in [0, 0.05) is 26.2 Å². The first-order valence-corrected chi connectivity index (χ1v) is 9.68. The minimum Gasteiger partial charge on any atom is -0.393 e. The van der Waals surface area contributed by atoms with E-state index >= 15 is 0 Å². The second-order valence-corrected chi connectivity index (χ2v) is 8.36. The van der Waals surface area contributed by atoms with E-state index in [4.69, 9.17) is 5.11 Å². The average molecular weight is 348 g/mol. The summed E-state index contributed by atoms with van der Waals surface area (Å²) in [4.78, 5) is 2.51. The van der Waals surface area contributed by atoms with Crippen LogP contribution in [0.5, 0.6) is 0 Å². The maximum absolute atomic E-state index is 9.83. The summed E-state index contributed by atoms with van der Waals surface area (Å²) in [7, 11) is 0. The molecule has 1 aliphatic heterocycles. The van der Waals surface area contributed by atoms with E-state index in [0.717, 1.165) is 44.7 Å². The van der Waals surface area contributed by atoms with Gasteiger partial charge >= 0.3 is 0 Å². The fourth-order valence-electron chi connectivity index (χ4n) is 4.49. The lowest BCUT2D eigenvalue weighted by atomic mass is 9.71. The van der Waals surface area contributed by atoms with Crippen LogP contribution in [0.1, 0.15) is 70.4 Å². The number of aryl methyl sites for hydroxylation is 1. The van der Waals surface area contributed by atoms with E-state index in [1.807, 2.05) is 10.7 Å². The van der Waals surface area contributed by atoms with Crippen LogP contribution in [0.25, 0.3) is 0 Å². The van der Waals surface area contributed by atoms with Crippen LogP contribution in [-0.2, 0) is 13.1 Å². The second-order valence-electron chi connectivity index (χ2n) is 8.36. The van der Waals surface area contributed by atoms with Gasteiger partial charge in [0.05, 0.1) is 18.0 Å². The van der Waals surface area contributed by atoms with Crippen molar-refractivity contribution in [2.24, 2.45) is 5.41 Å². The lowest BCUT2D eigenvalue weighted by molar-refractivity contribution is 0.0916. The molecule has 0 saturated heterocycles. The standard InChI is InChI=1S/C20H33N3O2/c1-15-6-4-8-20(2,3)17(15)7-11-22-9-5-10-23-16(13-22)12-18(21-23)19(25)14-24/h12,19,24-25H,4-11,13-14H2,1-3H3. The van der Waals surface area contributed by atoms with E-state index in [1.54, 1.807) is 11.1 Å². The van der Waals surface area contributed by atoms with Crippen molar-refractivity contribution in [3.63, 3.8) is 0 Å². The number of rotatable bonds is 5. The van der Waals surface area contributed by atoms with E-state index in [1.165, 1.54) is 19.3 Å². The second kappa shape index (κ2) is 7.60. The van der Waals surface area contributed by atoms with Crippen LogP contribution < -0.4 is 0 Å². The monoisotopic (exact) mass is 347 g/mol. The maximum Gasteiger partial charge on any atom is 0.121 e. The minimum absolute atomic E-state index is 0.275. The number of aliphatic hydroxyl groups is 2. The van der Waals surface area contributed by atoms with Crippen LogP contribution in [0.15, 0.2) is 17.2 Å². The number of fused-ring (bicyclic) bond motifs is 1. The van der Waals surface area contributed by atoms with E-state index in [2.05, 4.69) is 30.8 Å². The SMILES string of the molecule is CC1=C(CCN2CCCn3nc(C(O)CO)cc3C2)C(C)(C)CCC1. The highest BCUT2D eigenvalue weighted by Crippen LogP contribution is 2.41. The van der Waals surface area contributed by atoms with Gasteiger partial charge in [-0.05, 0) is 50.5 Å². The molecule has 3 rings (SSSR count). The summed E-state index contributed by atoms with van der Waals surface area (Å²) < 4.78 is 2.00. The van der Waals surface area contributed by atoms with Gasteiger partial charge in [-0.1, -0.05) is 25.0 Å². The molecule has 1 aliphatic carbocycles. The quantitative estimate of drug-likeness (QED) is 0.804. The Morgan fingerprint density at radius 1 is 1.28 bits per heavy atom. The number of allylic oxidation sites excluding steroid dienone is 1. The van der Waals surface area contributed by atoms with Crippen molar-refractivity contribution in [1.29, 1.82) is 0 Å². The Morgan fingerprint density at radius 3 is 2.80 bits per heavy atom. The zero-order valence-electron chi connectivity index (χ0n) is 16.0. The van der Waals surface area contributed by atoms with Crippen molar-refractivity contribution in [3.8, 4) is 0 Å². The van der Waals surface area contributed by atoms with Gasteiger partial charge in [-0.15, -0.1) is 0 Å². The number of aliphatic hydroxyl groups excluding tert-OH is 2. The summed E-state index contributed by atoms with van der Waals surface area (Å²) >= 11 is 0. The average Bonchev–Trinajstić information content (AvgIpc) is 2.86. The lowest BCUT2D eigenvalue weighted by Crippen LogP contribution is -2.28. The van der Waals surface area contributed by atoms with Crippen molar-refractivity contribution >= 4 is 0 Å². The molecular weight excluding hydrogens is 314 g/mol. The number of aromatic nitrogens is 2. The van der Waals surface area contributed by atoms with Crippen LogP contribution in [0.4, 0.5) is 0 Å². The maximum atomic E-state index is 9.83. The Hall–Kier alpha value is -1.17. The van der Waals surface area contributed by atoms with Gasteiger partial charge in [0.1, 0.15) is 6.10 Å². The summed E-state index contributed by atoms with van der Waals surface area (Å²) in [5.41, 5.74) is 5.34. The highest BCUT2D eigenvalue weighted by atomic mass is 16.3. The predicted molar refractivity (Wildman–Crippen MR) is 99.1 cm³/mol. The highest BCUT2D eigenvalue weighted by Gasteiger charge is 2.28. The molecule has 1 aromatic heterocycles. The molecule has 0 spiro atoms. The van der Waals surface area contributed by atoms with Gasteiger partial charge in [0.25, 0.3) is 0 Å². The van der Waals surface area contributed by atoms with Crippen molar-refractivity contribution in [2.45, 2.75) is 72.1 Å². The van der Waals surface area contributed by atoms with Gasteiger partial charge in [-0.3, -0.25) is 9.58 Å². The van der Waals surface area contributed by atoms with Crippen molar-refractivity contribution < 1.29 is 10.2 Å². The fourth-order valence-corrected chi connectivity index (χ4v) is 4.49. The Balaban J connectivity index is 1.67. The third-order valence-electron chi connectivity index (χ3n) is 5.99. The largest absolute Gasteiger partial charge is 0.393 e. The van der Waals surface area contributed by atoms with Crippen molar-refractivity contribution in [3.05, 3.63) is 28.6 Å². The van der Waals surface area contributed by atoms with Gasteiger partial charge < -0.3 is 10.2 Å².